The van der Waals surface area contributed by atoms with E-state index in [1.807, 2.05) is 16.9 Å². The van der Waals surface area contributed by atoms with Crippen molar-refractivity contribution in [1.29, 1.82) is 0 Å². The maximum absolute atomic E-state index is 13.2. The molecule has 1 heterocycles. The number of halogens is 5. The molecule has 3 aromatic rings. The molecular weight excluding hydrogens is 679 g/mol. The second-order valence-corrected chi connectivity index (χ2v) is 14.0. The van der Waals surface area contributed by atoms with E-state index >= 15 is 0 Å². The molecule has 0 spiro atoms. The van der Waals surface area contributed by atoms with Crippen molar-refractivity contribution < 1.29 is 26.4 Å². The molecule has 44 heavy (non-hydrogen) atoms. The molecule has 0 aromatic heterocycles. The van der Waals surface area contributed by atoms with E-state index in [9.17, 15) is 26.4 Å². The summed E-state index contributed by atoms with van der Waals surface area (Å²) in [7, 11) is -4.53. The van der Waals surface area contributed by atoms with E-state index < -0.39 is 32.6 Å². The first kappa shape index (κ1) is 32.5. The number of allylic oxidation sites excluding steroid dienone is 1. The number of nitrogens with one attached hydrogen (secondary N) is 1. The lowest BCUT2D eigenvalue weighted by Crippen LogP contribution is -2.47. The fourth-order valence-electron chi connectivity index (χ4n) is 5.71. The van der Waals surface area contributed by atoms with Crippen molar-refractivity contribution in [2.75, 3.05) is 37.6 Å². The van der Waals surface area contributed by atoms with Gasteiger partial charge in [-0.15, -0.1) is 0 Å². The number of alkyl halides is 3. The molecule has 1 saturated heterocycles. The Labute approximate surface area is 269 Å². The van der Waals surface area contributed by atoms with Gasteiger partial charge >= 0.3 is 6.18 Å². The fraction of sp³-hybridized carbons (Fsp3) is 0.344. The molecule has 1 amide bonds. The zero-order chi connectivity index (χ0) is 31.5. The standard InChI is InChI=1S/C32H32BrClF3N3O3S/c33-30-15-14-27(20-29(30)32(35,36)37)44(42,43)38-31(41)23-8-12-26(13-9-23)40-18-16-39(17-19-40)21-24-4-2-1-3-5-28(24)22-6-10-25(34)11-7-22/h6-15,20H,1-5,16-19,21H2,(H,38,41). The Bertz CT molecular complexity index is 1640. The first-order valence-electron chi connectivity index (χ1n) is 14.4. The van der Waals surface area contributed by atoms with Gasteiger partial charge in [0.25, 0.3) is 15.9 Å². The zero-order valence-electron chi connectivity index (χ0n) is 23.8. The van der Waals surface area contributed by atoms with Crippen LogP contribution in [0.5, 0.6) is 0 Å². The third-order valence-corrected chi connectivity index (χ3v) is 10.4. The predicted molar refractivity (Wildman–Crippen MR) is 170 cm³/mol. The van der Waals surface area contributed by atoms with Gasteiger partial charge in [0.2, 0.25) is 0 Å². The number of nitrogens with zero attached hydrogens (tertiary/aromatic N) is 2. The number of piperazine rings is 1. The quantitative estimate of drug-likeness (QED) is 0.271. The lowest BCUT2D eigenvalue weighted by atomic mass is 9.95. The van der Waals surface area contributed by atoms with Gasteiger partial charge in [-0.25, -0.2) is 13.1 Å². The Balaban J connectivity index is 1.20. The SMILES string of the molecule is O=C(NS(=O)(=O)c1ccc(Br)c(C(F)(F)F)c1)c1ccc(N2CCN(CC3=C(c4ccc(Cl)cc4)CCCCC3)CC2)cc1. The number of rotatable bonds is 7. The Morgan fingerprint density at radius 1 is 0.886 bits per heavy atom. The minimum Gasteiger partial charge on any atom is -0.369 e. The molecule has 0 unspecified atom stereocenters. The van der Waals surface area contributed by atoms with Gasteiger partial charge in [0, 0.05) is 53.5 Å². The number of hydrogen-bond donors (Lipinski definition) is 1. The molecule has 3 aromatic carbocycles. The largest absolute Gasteiger partial charge is 0.417 e. The predicted octanol–water partition coefficient (Wildman–Crippen LogP) is 7.78. The van der Waals surface area contributed by atoms with Gasteiger partial charge in [-0.05, 0) is 91.4 Å². The van der Waals surface area contributed by atoms with Crippen LogP contribution >= 0.6 is 27.5 Å². The maximum atomic E-state index is 13.2. The molecular formula is C32H32BrClF3N3O3S. The number of carbonyl (C=O) groups is 1. The summed E-state index contributed by atoms with van der Waals surface area (Å²) < 4.78 is 66.7. The highest BCUT2D eigenvalue weighted by Gasteiger charge is 2.34. The van der Waals surface area contributed by atoms with Gasteiger partial charge in [-0.1, -0.05) is 51.7 Å². The van der Waals surface area contributed by atoms with E-state index in [0.29, 0.717) is 6.07 Å². The van der Waals surface area contributed by atoms with Gasteiger partial charge in [0.15, 0.2) is 0 Å². The van der Waals surface area contributed by atoms with Crippen molar-refractivity contribution in [1.82, 2.24) is 9.62 Å². The lowest BCUT2D eigenvalue weighted by Gasteiger charge is -2.37. The molecule has 0 bridgehead atoms. The molecule has 1 aliphatic heterocycles. The summed E-state index contributed by atoms with van der Waals surface area (Å²) in [5.41, 5.74) is 4.04. The second-order valence-electron chi connectivity index (χ2n) is 11.0. The molecule has 12 heteroatoms. The van der Waals surface area contributed by atoms with Gasteiger partial charge in [-0.3, -0.25) is 9.69 Å². The molecule has 0 saturated carbocycles. The Hall–Kier alpha value is -2.86. The van der Waals surface area contributed by atoms with Crippen molar-refractivity contribution >= 4 is 54.7 Å². The average molecular weight is 711 g/mol. The summed E-state index contributed by atoms with van der Waals surface area (Å²) in [5.74, 6) is -0.925. The van der Waals surface area contributed by atoms with E-state index in [-0.39, 0.29) is 10.0 Å². The average Bonchev–Trinajstić information content (AvgIpc) is 3.23. The van der Waals surface area contributed by atoms with Crippen molar-refractivity contribution in [3.05, 3.63) is 98.5 Å². The van der Waals surface area contributed by atoms with Crippen LogP contribution in [0.2, 0.25) is 5.02 Å². The Morgan fingerprint density at radius 2 is 1.55 bits per heavy atom. The first-order valence-corrected chi connectivity index (χ1v) is 17.0. The molecule has 1 aliphatic carbocycles. The molecule has 0 atom stereocenters. The van der Waals surface area contributed by atoms with E-state index in [0.717, 1.165) is 68.4 Å². The minimum atomic E-state index is -4.76. The molecule has 234 valence electrons. The van der Waals surface area contributed by atoms with Crippen molar-refractivity contribution in [3.63, 3.8) is 0 Å². The van der Waals surface area contributed by atoms with Crippen molar-refractivity contribution in [2.24, 2.45) is 0 Å². The van der Waals surface area contributed by atoms with E-state index in [4.69, 9.17) is 11.6 Å². The first-order chi connectivity index (χ1) is 20.9. The van der Waals surface area contributed by atoms with Crippen LogP contribution in [0.3, 0.4) is 0 Å². The summed E-state index contributed by atoms with van der Waals surface area (Å²) in [4.78, 5) is 16.8. The Morgan fingerprint density at radius 3 is 2.20 bits per heavy atom. The minimum absolute atomic E-state index is 0.0825. The number of amides is 1. The monoisotopic (exact) mass is 709 g/mol. The summed E-state index contributed by atoms with van der Waals surface area (Å²) in [5, 5.41) is 0.739. The number of carbonyl (C=O) groups excluding carboxylic acids is 1. The topological polar surface area (TPSA) is 69.7 Å². The highest BCUT2D eigenvalue weighted by Crippen LogP contribution is 2.36. The van der Waals surface area contributed by atoms with Crippen LogP contribution in [-0.2, 0) is 16.2 Å². The zero-order valence-corrected chi connectivity index (χ0v) is 27.0. The van der Waals surface area contributed by atoms with E-state index in [1.165, 1.54) is 48.1 Å². The smallest absolute Gasteiger partial charge is 0.369 e. The fourth-order valence-corrected chi connectivity index (χ4v) is 7.30. The molecule has 2 aliphatic rings. The Kier molecular flexibility index (Phi) is 10.1. The number of benzene rings is 3. The third-order valence-electron chi connectivity index (χ3n) is 8.09. The van der Waals surface area contributed by atoms with Gasteiger partial charge < -0.3 is 4.90 Å². The normalized spacial score (nSPS) is 17.0. The number of sulfonamides is 1. The van der Waals surface area contributed by atoms with E-state index in [1.54, 1.807) is 12.1 Å². The highest BCUT2D eigenvalue weighted by atomic mass is 79.9. The summed E-state index contributed by atoms with van der Waals surface area (Å²) in [6.07, 6.45) is 1.04. The summed E-state index contributed by atoms with van der Waals surface area (Å²) >= 11 is 8.91. The lowest BCUT2D eigenvalue weighted by molar-refractivity contribution is -0.138. The maximum Gasteiger partial charge on any atom is 0.417 e. The van der Waals surface area contributed by atoms with Crippen LogP contribution in [0.1, 0.15) is 53.6 Å². The van der Waals surface area contributed by atoms with Crippen LogP contribution in [0.4, 0.5) is 18.9 Å². The third kappa shape index (κ3) is 7.85. The number of anilines is 1. The van der Waals surface area contributed by atoms with Crippen molar-refractivity contribution in [2.45, 2.75) is 43.2 Å². The van der Waals surface area contributed by atoms with Crippen LogP contribution in [-0.4, -0.2) is 51.9 Å². The van der Waals surface area contributed by atoms with Crippen LogP contribution in [0, 0.1) is 0 Å². The summed E-state index contributed by atoms with van der Waals surface area (Å²) in [6.45, 7) is 4.29. The molecule has 1 N–H and O–H groups in total. The summed E-state index contributed by atoms with van der Waals surface area (Å²) in [6, 6.07) is 17.2. The van der Waals surface area contributed by atoms with Crippen LogP contribution < -0.4 is 9.62 Å². The highest BCUT2D eigenvalue weighted by molar-refractivity contribution is 9.10. The molecule has 1 fully saturated rings. The number of hydrogen-bond acceptors (Lipinski definition) is 5. The van der Waals surface area contributed by atoms with E-state index in [2.05, 4.69) is 37.9 Å². The molecule has 6 nitrogen and oxygen atoms in total. The van der Waals surface area contributed by atoms with Crippen LogP contribution in [0.15, 0.2) is 81.7 Å². The van der Waals surface area contributed by atoms with Gasteiger partial charge in [0.1, 0.15) is 0 Å². The second kappa shape index (κ2) is 13.6. The molecule has 0 radical (unpaired) electrons. The van der Waals surface area contributed by atoms with Gasteiger partial charge in [-0.2, -0.15) is 13.2 Å². The van der Waals surface area contributed by atoms with Crippen LogP contribution in [0.25, 0.3) is 5.57 Å². The van der Waals surface area contributed by atoms with Crippen molar-refractivity contribution in [3.8, 4) is 0 Å². The van der Waals surface area contributed by atoms with Gasteiger partial charge in [0.05, 0.1) is 10.5 Å². The molecule has 5 rings (SSSR count).